The summed E-state index contributed by atoms with van der Waals surface area (Å²) in [5.41, 5.74) is 6.04. The van der Waals surface area contributed by atoms with E-state index >= 15 is 0 Å². The van der Waals surface area contributed by atoms with Crippen molar-refractivity contribution in [2.45, 2.75) is 0 Å². The van der Waals surface area contributed by atoms with Gasteiger partial charge in [-0.3, -0.25) is 0 Å². The first-order valence-electron chi connectivity index (χ1n) is 2.76. The molecule has 2 heterocycles. The topological polar surface area (TPSA) is 72.0 Å². The second kappa shape index (κ2) is 2.27. The van der Waals surface area contributed by atoms with Crippen LogP contribution >= 0.6 is 20.2 Å². The van der Waals surface area contributed by atoms with Crippen molar-refractivity contribution in [1.29, 1.82) is 0 Å². The van der Waals surface area contributed by atoms with Crippen molar-refractivity contribution in [2.24, 2.45) is 0 Å². The first-order chi connectivity index (χ1) is 5.31. The van der Waals surface area contributed by atoms with Gasteiger partial charge >= 0.3 is 67.0 Å². The first kappa shape index (κ1) is 6.73. The predicted octanol–water partition coefficient (Wildman–Crippen LogP) is 1.93. The summed E-state index contributed by atoms with van der Waals surface area (Å²) in [5.74, 6) is 0.609. The number of H-pyrrole nitrogens is 1. The van der Waals surface area contributed by atoms with Crippen molar-refractivity contribution in [3.05, 3.63) is 4.59 Å². The van der Waals surface area contributed by atoms with Crippen molar-refractivity contribution in [2.75, 3.05) is 5.73 Å². The van der Waals surface area contributed by atoms with Crippen LogP contribution in [0.5, 0.6) is 0 Å². The van der Waals surface area contributed by atoms with Crippen LogP contribution in [-0.4, -0.2) is 15.2 Å². The van der Waals surface area contributed by atoms with Gasteiger partial charge in [0.05, 0.1) is 0 Å². The Hall–Kier alpha value is -0.960. The zero-order valence-electron chi connectivity index (χ0n) is 5.27. The third kappa shape index (κ3) is 0.922. The molecule has 0 spiro atoms. The molecule has 0 aliphatic carbocycles. The Labute approximate surface area is 67.6 Å². The molecule has 0 fully saturated rings. The van der Waals surface area contributed by atoms with Gasteiger partial charge in [-0.2, -0.15) is 0 Å². The minimum absolute atomic E-state index is 0.495. The van der Waals surface area contributed by atoms with Gasteiger partial charge in [-0.15, -0.1) is 0 Å². The molecule has 0 saturated heterocycles. The molecule has 0 amide bonds. The van der Waals surface area contributed by atoms with Crippen LogP contribution in [-0.2, 0) is 0 Å². The SMILES string of the molecule is Nc1nc2n[nH]c([N+]#P)c2s1. The van der Waals surface area contributed by atoms with E-state index in [0.29, 0.717) is 16.6 Å². The number of hydrogen-bond donors (Lipinski definition) is 2. The maximum absolute atomic E-state index is 5.45. The Morgan fingerprint density at radius 1 is 1.64 bits per heavy atom. The van der Waals surface area contributed by atoms with Crippen LogP contribution in [0.2, 0.25) is 0 Å². The van der Waals surface area contributed by atoms with Crippen molar-refractivity contribution in [3.63, 3.8) is 0 Å². The Bertz CT molecular complexity index is 437. The first-order valence-corrected chi connectivity index (χ1v) is 3.98. The molecule has 0 aliphatic rings. The van der Waals surface area contributed by atoms with Gasteiger partial charge < -0.3 is 0 Å². The van der Waals surface area contributed by atoms with E-state index in [1.165, 1.54) is 11.3 Å². The number of fused-ring (bicyclic) bond motifs is 1. The molecule has 11 heavy (non-hydrogen) atoms. The van der Waals surface area contributed by atoms with Crippen LogP contribution in [0.1, 0.15) is 0 Å². The Kier molecular flexibility index (Phi) is 1.39. The molecule has 0 radical (unpaired) electrons. The summed E-state index contributed by atoms with van der Waals surface area (Å²) in [4.78, 5) is 3.94. The van der Waals surface area contributed by atoms with Gasteiger partial charge in [0, 0.05) is 0 Å². The van der Waals surface area contributed by atoms with E-state index in [1.54, 1.807) is 0 Å². The molecule has 3 N–H and O–H groups in total. The van der Waals surface area contributed by atoms with Crippen LogP contribution in [0.25, 0.3) is 14.9 Å². The van der Waals surface area contributed by atoms with Crippen molar-refractivity contribution in [1.82, 2.24) is 15.2 Å². The average Bonchev–Trinajstić information content (AvgIpc) is 2.45. The number of anilines is 1. The fourth-order valence-corrected chi connectivity index (χ4v) is 1.71. The quantitative estimate of drug-likeness (QED) is 0.614. The summed E-state index contributed by atoms with van der Waals surface area (Å²) in [6.45, 7) is 0. The summed E-state index contributed by atoms with van der Waals surface area (Å²) >= 11 is 1.34. The molecule has 0 bridgehead atoms. The van der Waals surface area contributed by atoms with Crippen LogP contribution in [0.3, 0.4) is 0 Å². The molecule has 0 saturated carbocycles. The third-order valence-corrected chi connectivity index (χ3v) is 2.29. The van der Waals surface area contributed by atoms with E-state index in [2.05, 4.69) is 28.6 Å². The molecule has 54 valence electrons. The predicted molar refractivity (Wildman–Crippen MR) is 46.1 cm³/mol. The van der Waals surface area contributed by atoms with E-state index in [9.17, 15) is 0 Å². The number of nitrogens with zero attached hydrogens (tertiary/aromatic N) is 3. The van der Waals surface area contributed by atoms with Crippen LogP contribution in [0, 0.1) is 0 Å². The summed E-state index contributed by atoms with van der Waals surface area (Å²) in [6.07, 6.45) is 0. The van der Waals surface area contributed by atoms with Gasteiger partial charge in [-0.1, -0.05) is 0 Å². The monoisotopic (exact) mass is 184 g/mol. The summed E-state index contributed by atoms with van der Waals surface area (Å²) < 4.78 is 4.51. The number of hydrogen-bond acceptors (Lipinski definition) is 4. The summed E-state index contributed by atoms with van der Waals surface area (Å²) in [6, 6.07) is 0. The van der Waals surface area contributed by atoms with Gasteiger partial charge in [-0.25, -0.2) is 0 Å². The van der Waals surface area contributed by atoms with E-state index in [-0.39, 0.29) is 0 Å². The molecule has 0 atom stereocenters. The third-order valence-electron chi connectivity index (χ3n) is 1.21. The number of nitrogens with two attached hydrogens (primary N) is 1. The number of thiazole rings is 1. The molecule has 2 aromatic rings. The number of nitrogens with one attached hydrogen (secondary N) is 1. The summed E-state index contributed by atoms with van der Waals surface area (Å²) in [7, 11) is 3.75. The fourth-order valence-electron chi connectivity index (χ4n) is 0.783. The number of aromatic nitrogens is 3. The number of nitrogen functional groups attached to an aromatic ring is 1. The minimum atomic E-state index is 0.495. The van der Waals surface area contributed by atoms with E-state index in [1.807, 2.05) is 0 Å². The second-order valence-electron chi connectivity index (χ2n) is 1.88. The molecular weight excluding hydrogens is 181 g/mol. The van der Waals surface area contributed by atoms with E-state index in [0.717, 1.165) is 4.70 Å². The standard InChI is InChI=1S/C4H3N5PS/c5-4-6-2-1(11-4)3(9-10)8-7-2/h(H3,5,6,7,8)/q+1. The van der Waals surface area contributed by atoms with Crippen molar-refractivity contribution < 1.29 is 0 Å². The van der Waals surface area contributed by atoms with Gasteiger partial charge in [-0.05, 0) is 0 Å². The molecule has 0 aromatic carbocycles. The van der Waals surface area contributed by atoms with Crippen LogP contribution < -0.4 is 5.73 Å². The Morgan fingerprint density at radius 2 is 2.45 bits per heavy atom. The number of aromatic amines is 1. The molecule has 0 unspecified atom stereocenters. The average molecular weight is 184 g/mol. The number of rotatable bonds is 0. The molecule has 2 aromatic heterocycles. The fraction of sp³-hybridized carbons (Fsp3) is 0. The molecular formula is C4H3N5PS+. The zero-order valence-corrected chi connectivity index (χ0v) is 6.99. The van der Waals surface area contributed by atoms with Gasteiger partial charge in [0.15, 0.2) is 0 Å². The van der Waals surface area contributed by atoms with E-state index in [4.69, 9.17) is 5.73 Å². The van der Waals surface area contributed by atoms with E-state index < -0.39 is 0 Å². The normalized spacial score (nSPS) is 10.1. The molecule has 7 heteroatoms. The zero-order chi connectivity index (χ0) is 7.84. The Balaban J connectivity index is 2.86. The van der Waals surface area contributed by atoms with Crippen LogP contribution in [0.15, 0.2) is 0 Å². The maximum atomic E-state index is 5.45. The Morgan fingerprint density at radius 3 is 3.18 bits per heavy atom. The van der Waals surface area contributed by atoms with Crippen molar-refractivity contribution >= 4 is 41.5 Å². The molecule has 5 nitrogen and oxygen atoms in total. The molecule has 2 rings (SSSR count). The van der Waals surface area contributed by atoms with Gasteiger partial charge in [0.2, 0.25) is 0 Å². The second-order valence-corrected chi connectivity index (χ2v) is 3.11. The van der Waals surface area contributed by atoms with Gasteiger partial charge in [0.1, 0.15) is 0 Å². The van der Waals surface area contributed by atoms with Crippen molar-refractivity contribution in [3.8, 4) is 0 Å². The van der Waals surface area contributed by atoms with Gasteiger partial charge in [0.25, 0.3) is 0 Å². The molecule has 0 aliphatic heterocycles. The summed E-state index contributed by atoms with van der Waals surface area (Å²) in [5, 5.41) is 7.03. The van der Waals surface area contributed by atoms with Crippen LogP contribution in [0.4, 0.5) is 10.9 Å².